The number of para-hydroxylation sites is 1. The van der Waals surface area contributed by atoms with E-state index in [4.69, 9.17) is 22.7 Å². The van der Waals surface area contributed by atoms with Gasteiger partial charge in [-0.2, -0.15) is 0 Å². The van der Waals surface area contributed by atoms with Crippen LogP contribution in [0.3, 0.4) is 0 Å². The Morgan fingerprint density at radius 3 is 2.62 bits per heavy atom. The third-order valence-corrected chi connectivity index (χ3v) is 4.46. The van der Waals surface area contributed by atoms with Crippen LogP contribution < -0.4 is 10.5 Å². The number of hydrogen-bond donors (Lipinski definition) is 1. The van der Waals surface area contributed by atoms with Crippen molar-refractivity contribution in [2.24, 2.45) is 11.1 Å². The van der Waals surface area contributed by atoms with E-state index in [-0.39, 0.29) is 0 Å². The smallest absolute Gasteiger partial charge is 0.129 e. The van der Waals surface area contributed by atoms with Crippen molar-refractivity contribution in [1.82, 2.24) is 4.90 Å². The summed E-state index contributed by atoms with van der Waals surface area (Å²) in [6, 6.07) is 7.71. The van der Waals surface area contributed by atoms with E-state index in [9.17, 15) is 0 Å². The second kappa shape index (κ2) is 7.23. The van der Waals surface area contributed by atoms with Crippen LogP contribution in [0.2, 0.25) is 0 Å². The van der Waals surface area contributed by atoms with Crippen molar-refractivity contribution in [1.29, 1.82) is 0 Å². The topological polar surface area (TPSA) is 38.5 Å². The molecule has 0 saturated carbocycles. The molecule has 1 heterocycles. The SMILES string of the molecule is CC1(C)CCN(CCCOc2ccccc2C(N)=S)CC1. The summed E-state index contributed by atoms with van der Waals surface area (Å²) in [4.78, 5) is 2.93. The van der Waals surface area contributed by atoms with Gasteiger partial charge in [0.1, 0.15) is 10.7 Å². The Balaban J connectivity index is 1.72. The molecule has 3 nitrogen and oxygen atoms in total. The van der Waals surface area contributed by atoms with Gasteiger partial charge < -0.3 is 15.4 Å². The molecule has 0 aliphatic carbocycles. The Morgan fingerprint density at radius 1 is 1.29 bits per heavy atom. The second-order valence-electron chi connectivity index (χ2n) is 6.57. The molecule has 0 unspecified atom stereocenters. The largest absolute Gasteiger partial charge is 0.493 e. The van der Waals surface area contributed by atoms with Gasteiger partial charge in [0.25, 0.3) is 0 Å². The standard InChI is InChI=1S/C17H26N2OS/c1-17(2)8-11-19(12-9-17)10-5-13-20-15-7-4-3-6-14(15)16(18)21/h3-4,6-7H,5,8-13H2,1-2H3,(H2,18,21). The van der Waals surface area contributed by atoms with E-state index in [2.05, 4.69) is 18.7 Å². The molecule has 2 N–H and O–H groups in total. The van der Waals surface area contributed by atoms with Crippen LogP contribution in [0.4, 0.5) is 0 Å². The molecule has 0 radical (unpaired) electrons. The average Bonchev–Trinajstić information content (AvgIpc) is 2.45. The van der Waals surface area contributed by atoms with Crippen molar-refractivity contribution in [2.75, 3.05) is 26.2 Å². The fourth-order valence-corrected chi connectivity index (χ4v) is 2.82. The predicted molar refractivity (Wildman–Crippen MR) is 91.9 cm³/mol. The first-order valence-electron chi connectivity index (χ1n) is 7.72. The number of likely N-dealkylation sites (tertiary alicyclic amines) is 1. The van der Waals surface area contributed by atoms with Gasteiger partial charge in [-0.15, -0.1) is 0 Å². The van der Waals surface area contributed by atoms with E-state index in [1.807, 2.05) is 24.3 Å². The number of nitrogens with two attached hydrogens (primary N) is 1. The monoisotopic (exact) mass is 306 g/mol. The molecule has 2 rings (SSSR count). The summed E-state index contributed by atoms with van der Waals surface area (Å²) in [5.41, 5.74) is 7.05. The first-order valence-corrected chi connectivity index (χ1v) is 8.13. The maximum atomic E-state index is 5.84. The molecule has 1 aromatic carbocycles. The number of benzene rings is 1. The number of ether oxygens (including phenoxy) is 1. The summed E-state index contributed by atoms with van der Waals surface area (Å²) in [5.74, 6) is 0.796. The van der Waals surface area contributed by atoms with Gasteiger partial charge in [-0.1, -0.05) is 38.2 Å². The molecule has 0 bridgehead atoms. The van der Waals surface area contributed by atoms with Crippen LogP contribution in [0.1, 0.15) is 38.7 Å². The second-order valence-corrected chi connectivity index (χ2v) is 7.01. The Kier molecular flexibility index (Phi) is 5.59. The zero-order valence-corrected chi connectivity index (χ0v) is 13.9. The summed E-state index contributed by atoms with van der Waals surface area (Å²) in [5, 5.41) is 0. The zero-order valence-electron chi connectivity index (χ0n) is 13.1. The van der Waals surface area contributed by atoms with Gasteiger partial charge in [0.15, 0.2) is 0 Å². The third kappa shape index (κ3) is 4.97. The first kappa shape index (κ1) is 16.2. The number of hydrogen-bond acceptors (Lipinski definition) is 3. The van der Waals surface area contributed by atoms with Crippen molar-refractivity contribution in [3.05, 3.63) is 29.8 Å². The summed E-state index contributed by atoms with van der Waals surface area (Å²) in [7, 11) is 0. The van der Waals surface area contributed by atoms with Crippen molar-refractivity contribution < 1.29 is 4.74 Å². The maximum absolute atomic E-state index is 5.84. The quantitative estimate of drug-likeness (QED) is 0.647. The van der Waals surface area contributed by atoms with Crippen LogP contribution in [-0.4, -0.2) is 36.1 Å². The average molecular weight is 306 g/mol. The Hall–Kier alpha value is -1.13. The van der Waals surface area contributed by atoms with Crippen molar-refractivity contribution >= 4 is 17.2 Å². The lowest BCUT2D eigenvalue weighted by atomic mass is 9.83. The molecular weight excluding hydrogens is 280 g/mol. The van der Waals surface area contributed by atoms with E-state index in [1.165, 1.54) is 25.9 Å². The minimum Gasteiger partial charge on any atom is -0.493 e. The fraction of sp³-hybridized carbons (Fsp3) is 0.588. The molecule has 0 aromatic heterocycles. The molecule has 1 fully saturated rings. The van der Waals surface area contributed by atoms with Crippen LogP contribution in [-0.2, 0) is 0 Å². The van der Waals surface area contributed by atoms with Gasteiger partial charge >= 0.3 is 0 Å². The third-order valence-electron chi connectivity index (χ3n) is 4.24. The lowest BCUT2D eigenvalue weighted by Gasteiger charge is -2.36. The summed E-state index contributed by atoms with van der Waals surface area (Å²) < 4.78 is 5.84. The molecule has 0 atom stereocenters. The molecule has 0 spiro atoms. The van der Waals surface area contributed by atoms with E-state index >= 15 is 0 Å². The lowest BCUT2D eigenvalue weighted by molar-refractivity contribution is 0.126. The van der Waals surface area contributed by atoms with Crippen molar-refractivity contribution in [2.45, 2.75) is 33.1 Å². The number of nitrogens with zero attached hydrogens (tertiary/aromatic N) is 1. The predicted octanol–water partition coefficient (Wildman–Crippen LogP) is 3.21. The zero-order chi connectivity index (χ0) is 15.3. The molecule has 0 amide bonds. The van der Waals surface area contributed by atoms with Crippen LogP contribution in [0.15, 0.2) is 24.3 Å². The van der Waals surface area contributed by atoms with Gasteiger partial charge in [0.2, 0.25) is 0 Å². The number of thiocarbonyl (C=S) groups is 1. The van der Waals surface area contributed by atoms with Gasteiger partial charge in [0, 0.05) is 6.54 Å². The van der Waals surface area contributed by atoms with Crippen LogP contribution in [0, 0.1) is 5.41 Å². The molecule has 1 aromatic rings. The summed E-state index contributed by atoms with van der Waals surface area (Å²) in [6.45, 7) is 8.94. The lowest BCUT2D eigenvalue weighted by Crippen LogP contribution is -2.38. The van der Waals surface area contributed by atoms with Gasteiger partial charge in [-0.3, -0.25) is 0 Å². The molecule has 116 valence electrons. The molecule has 1 aliphatic rings. The van der Waals surface area contributed by atoms with Crippen molar-refractivity contribution in [3.63, 3.8) is 0 Å². The summed E-state index contributed by atoms with van der Waals surface area (Å²) >= 11 is 5.04. The minimum absolute atomic E-state index is 0.392. The highest BCUT2D eigenvalue weighted by atomic mass is 32.1. The van der Waals surface area contributed by atoms with E-state index in [0.717, 1.165) is 24.3 Å². The van der Waals surface area contributed by atoms with Crippen LogP contribution >= 0.6 is 12.2 Å². The van der Waals surface area contributed by atoms with Crippen LogP contribution in [0.5, 0.6) is 5.75 Å². The number of rotatable bonds is 6. The fourth-order valence-electron chi connectivity index (χ4n) is 2.65. The molecule has 21 heavy (non-hydrogen) atoms. The highest BCUT2D eigenvalue weighted by Crippen LogP contribution is 2.29. The van der Waals surface area contributed by atoms with Gasteiger partial charge in [-0.25, -0.2) is 0 Å². The Bertz CT molecular complexity index is 477. The Morgan fingerprint density at radius 2 is 1.95 bits per heavy atom. The van der Waals surface area contributed by atoms with Crippen molar-refractivity contribution in [3.8, 4) is 5.75 Å². The normalized spacial score (nSPS) is 18.4. The number of piperidine rings is 1. The van der Waals surface area contributed by atoms with E-state index in [1.54, 1.807) is 0 Å². The van der Waals surface area contributed by atoms with Crippen LogP contribution in [0.25, 0.3) is 0 Å². The highest BCUT2D eigenvalue weighted by molar-refractivity contribution is 7.80. The molecule has 1 saturated heterocycles. The first-order chi connectivity index (χ1) is 9.98. The minimum atomic E-state index is 0.392. The Labute approximate surface area is 133 Å². The highest BCUT2D eigenvalue weighted by Gasteiger charge is 2.24. The molecular formula is C17H26N2OS. The van der Waals surface area contributed by atoms with Gasteiger partial charge in [0.05, 0.1) is 12.2 Å². The molecule has 1 aliphatic heterocycles. The van der Waals surface area contributed by atoms with Gasteiger partial charge in [-0.05, 0) is 49.9 Å². The van der Waals surface area contributed by atoms with E-state index in [0.29, 0.717) is 17.0 Å². The van der Waals surface area contributed by atoms with E-state index < -0.39 is 0 Å². The molecule has 4 heteroatoms. The summed E-state index contributed by atoms with van der Waals surface area (Å²) in [6.07, 6.45) is 3.61. The maximum Gasteiger partial charge on any atom is 0.129 e.